The molecule has 0 radical (unpaired) electrons. The van der Waals surface area contributed by atoms with Crippen LogP contribution >= 0.6 is 35.3 Å². The van der Waals surface area contributed by atoms with E-state index in [-0.39, 0.29) is 0 Å². The van der Waals surface area contributed by atoms with Crippen LogP contribution in [0, 0.1) is 0 Å². The number of piperazine rings is 1. The lowest BCUT2D eigenvalue weighted by Crippen LogP contribution is -2.50. The molecule has 3 heterocycles. The highest BCUT2D eigenvalue weighted by Crippen LogP contribution is 2.33. The number of nitrogens with one attached hydrogen (secondary N) is 1. The van der Waals surface area contributed by atoms with Gasteiger partial charge in [-0.2, -0.15) is 0 Å². The Bertz CT molecular complexity index is 1460. The summed E-state index contributed by atoms with van der Waals surface area (Å²) in [5.74, 6) is 2.11. The van der Waals surface area contributed by atoms with Crippen LogP contribution in [0.3, 0.4) is 0 Å². The highest BCUT2D eigenvalue weighted by Gasteiger charge is 2.24. The van der Waals surface area contributed by atoms with E-state index in [1.165, 1.54) is 15.5 Å². The van der Waals surface area contributed by atoms with Crippen LogP contribution in [0.4, 0.5) is 22.5 Å². The number of benzene rings is 2. The molecule has 0 saturated carbocycles. The average molecular weight is 632 g/mol. The van der Waals surface area contributed by atoms with E-state index in [1.54, 1.807) is 23.1 Å². The SMILES string of the molecule is CCN(CC)c1ccc(N(CC)CC)c(N2CCN(C(=S)Nc3nc(-c4ccc(Sc5ccccc5)cc4)cs3)CC2)n1. The van der Waals surface area contributed by atoms with E-state index in [1.807, 2.05) is 6.07 Å². The van der Waals surface area contributed by atoms with Gasteiger partial charge in [-0.3, -0.25) is 0 Å². The fraction of sp³-hybridized carbons (Fsp3) is 0.364. The molecule has 0 spiro atoms. The number of anilines is 4. The zero-order chi connectivity index (χ0) is 30.2. The lowest BCUT2D eigenvalue weighted by atomic mass is 10.2. The van der Waals surface area contributed by atoms with Gasteiger partial charge in [0.1, 0.15) is 5.82 Å². The number of thiazole rings is 1. The van der Waals surface area contributed by atoms with Gasteiger partial charge in [0.15, 0.2) is 16.1 Å². The highest BCUT2D eigenvalue weighted by atomic mass is 32.2. The van der Waals surface area contributed by atoms with Crippen molar-refractivity contribution in [3.05, 3.63) is 72.1 Å². The van der Waals surface area contributed by atoms with Gasteiger partial charge in [-0.1, -0.05) is 42.1 Å². The van der Waals surface area contributed by atoms with Crippen molar-refractivity contribution < 1.29 is 0 Å². The molecule has 0 amide bonds. The number of aromatic nitrogens is 2. The Morgan fingerprint density at radius 2 is 1.47 bits per heavy atom. The molecule has 2 aromatic heterocycles. The van der Waals surface area contributed by atoms with Crippen LogP contribution in [-0.2, 0) is 0 Å². The van der Waals surface area contributed by atoms with E-state index in [9.17, 15) is 0 Å². The molecule has 1 aliphatic rings. The van der Waals surface area contributed by atoms with Crippen molar-refractivity contribution in [2.24, 2.45) is 0 Å². The molecular formula is C33H41N7S3. The molecule has 1 N–H and O–H groups in total. The second kappa shape index (κ2) is 14.9. The lowest BCUT2D eigenvalue weighted by molar-refractivity contribution is 0.389. The predicted octanol–water partition coefficient (Wildman–Crippen LogP) is 7.57. The summed E-state index contributed by atoms with van der Waals surface area (Å²) >= 11 is 9.19. The Morgan fingerprint density at radius 3 is 2.12 bits per heavy atom. The van der Waals surface area contributed by atoms with Gasteiger partial charge in [0.25, 0.3) is 0 Å². The molecule has 5 rings (SSSR count). The fourth-order valence-corrected chi connectivity index (χ4v) is 7.17. The van der Waals surface area contributed by atoms with Crippen molar-refractivity contribution in [3.63, 3.8) is 0 Å². The molecule has 4 aromatic rings. The van der Waals surface area contributed by atoms with Crippen molar-refractivity contribution in [2.75, 3.05) is 72.4 Å². The lowest BCUT2D eigenvalue weighted by Gasteiger charge is -2.38. The van der Waals surface area contributed by atoms with E-state index in [2.05, 4.69) is 119 Å². The molecule has 2 aromatic carbocycles. The Hall–Kier alpha value is -3.34. The van der Waals surface area contributed by atoms with E-state index < -0.39 is 0 Å². The van der Waals surface area contributed by atoms with Crippen LogP contribution in [0.1, 0.15) is 27.7 Å². The van der Waals surface area contributed by atoms with Gasteiger partial charge in [0.05, 0.1) is 11.4 Å². The molecular weight excluding hydrogens is 591 g/mol. The Kier molecular flexibility index (Phi) is 10.8. The number of thiocarbonyl (C=S) groups is 1. The van der Waals surface area contributed by atoms with Crippen molar-refractivity contribution in [1.29, 1.82) is 0 Å². The monoisotopic (exact) mass is 631 g/mol. The zero-order valence-electron chi connectivity index (χ0n) is 25.5. The Balaban J connectivity index is 1.20. The minimum atomic E-state index is 0.726. The van der Waals surface area contributed by atoms with E-state index in [0.717, 1.165) is 85.5 Å². The van der Waals surface area contributed by atoms with Gasteiger partial charge in [-0.15, -0.1) is 11.3 Å². The van der Waals surface area contributed by atoms with Crippen molar-refractivity contribution in [3.8, 4) is 11.3 Å². The number of hydrogen-bond acceptors (Lipinski definition) is 8. The summed E-state index contributed by atoms with van der Waals surface area (Å²) in [6.07, 6.45) is 0. The first-order valence-electron chi connectivity index (χ1n) is 15.1. The first-order valence-corrected chi connectivity index (χ1v) is 17.2. The first kappa shape index (κ1) is 31.1. The van der Waals surface area contributed by atoms with Gasteiger partial charge in [-0.25, -0.2) is 9.97 Å². The summed E-state index contributed by atoms with van der Waals surface area (Å²) in [6, 6.07) is 23.4. The van der Waals surface area contributed by atoms with E-state index >= 15 is 0 Å². The van der Waals surface area contributed by atoms with Crippen LogP contribution in [-0.4, -0.2) is 72.3 Å². The minimum absolute atomic E-state index is 0.726. The van der Waals surface area contributed by atoms with Crippen LogP contribution in [0.15, 0.2) is 81.9 Å². The maximum Gasteiger partial charge on any atom is 0.189 e. The molecule has 0 bridgehead atoms. The Labute approximate surface area is 269 Å². The molecule has 10 heteroatoms. The molecule has 0 atom stereocenters. The first-order chi connectivity index (χ1) is 21.0. The van der Waals surface area contributed by atoms with Crippen molar-refractivity contribution >= 4 is 62.9 Å². The quantitative estimate of drug-likeness (QED) is 0.169. The molecule has 1 saturated heterocycles. The summed E-state index contributed by atoms with van der Waals surface area (Å²) in [4.78, 5) is 21.8. The molecule has 0 unspecified atom stereocenters. The predicted molar refractivity (Wildman–Crippen MR) is 189 cm³/mol. The molecule has 1 aliphatic heterocycles. The third-order valence-corrected chi connectivity index (χ3v) is 9.88. The molecule has 7 nitrogen and oxygen atoms in total. The fourth-order valence-electron chi connectivity index (χ4n) is 5.27. The second-order valence-corrected chi connectivity index (χ2v) is 12.6. The molecule has 1 fully saturated rings. The normalized spacial score (nSPS) is 13.2. The number of nitrogens with zero attached hydrogens (tertiary/aromatic N) is 6. The molecule has 43 heavy (non-hydrogen) atoms. The summed E-state index contributed by atoms with van der Waals surface area (Å²) in [5, 5.41) is 7.04. The summed E-state index contributed by atoms with van der Waals surface area (Å²) in [6.45, 7) is 16.0. The number of rotatable bonds is 11. The smallest absolute Gasteiger partial charge is 0.189 e. The summed E-state index contributed by atoms with van der Waals surface area (Å²) in [5.41, 5.74) is 3.27. The highest BCUT2D eigenvalue weighted by molar-refractivity contribution is 7.99. The third-order valence-electron chi connectivity index (χ3n) is 7.74. The van der Waals surface area contributed by atoms with Crippen molar-refractivity contribution in [2.45, 2.75) is 37.5 Å². The van der Waals surface area contributed by atoms with Gasteiger partial charge in [0.2, 0.25) is 0 Å². The summed E-state index contributed by atoms with van der Waals surface area (Å²) < 4.78 is 0. The largest absolute Gasteiger partial charge is 0.369 e. The minimum Gasteiger partial charge on any atom is -0.369 e. The number of pyridine rings is 1. The number of hydrogen-bond donors (Lipinski definition) is 1. The van der Waals surface area contributed by atoms with Crippen molar-refractivity contribution in [1.82, 2.24) is 14.9 Å². The maximum absolute atomic E-state index is 5.84. The second-order valence-electron chi connectivity index (χ2n) is 10.2. The van der Waals surface area contributed by atoms with E-state index in [4.69, 9.17) is 22.2 Å². The van der Waals surface area contributed by atoms with Gasteiger partial charge >= 0.3 is 0 Å². The van der Waals surface area contributed by atoms with Crippen LogP contribution in [0.5, 0.6) is 0 Å². The van der Waals surface area contributed by atoms with Crippen LogP contribution in [0.25, 0.3) is 11.3 Å². The molecule has 226 valence electrons. The van der Waals surface area contributed by atoms with Gasteiger partial charge < -0.3 is 24.9 Å². The van der Waals surface area contributed by atoms with Crippen LogP contribution in [0.2, 0.25) is 0 Å². The average Bonchev–Trinajstić information content (AvgIpc) is 3.52. The zero-order valence-corrected chi connectivity index (χ0v) is 27.9. The topological polar surface area (TPSA) is 50.8 Å². The third kappa shape index (κ3) is 7.60. The van der Waals surface area contributed by atoms with Gasteiger partial charge in [0, 0.05) is 73.1 Å². The standard InChI is InChI=1S/C33H41N7S3/c1-5-37(6-2)29-18-19-30(38(7-3)8-4)35-31(29)39-20-22-40(23-21-39)33(41)36-32-34-28(24-42-32)25-14-16-27(17-15-25)43-26-12-10-9-11-13-26/h9-19,24H,5-8,20-23H2,1-4H3,(H,34,36,41). The van der Waals surface area contributed by atoms with Crippen LogP contribution < -0.4 is 20.0 Å². The molecule has 0 aliphatic carbocycles. The Morgan fingerprint density at radius 1 is 0.814 bits per heavy atom. The maximum atomic E-state index is 5.84. The van der Waals surface area contributed by atoms with E-state index in [0.29, 0.717) is 0 Å². The summed E-state index contributed by atoms with van der Waals surface area (Å²) in [7, 11) is 0. The van der Waals surface area contributed by atoms with Gasteiger partial charge in [-0.05, 0) is 76.3 Å².